The normalized spacial score (nSPS) is 34.4. The molecule has 4 heteroatoms. The summed E-state index contributed by atoms with van der Waals surface area (Å²) in [6.45, 7) is 4.05. The van der Waals surface area contributed by atoms with Gasteiger partial charge in [0.25, 0.3) is 0 Å². The Morgan fingerprint density at radius 2 is 2.36 bits per heavy atom. The predicted molar refractivity (Wildman–Crippen MR) is 54.6 cm³/mol. The van der Waals surface area contributed by atoms with Crippen molar-refractivity contribution in [2.45, 2.75) is 38.3 Å². The van der Waals surface area contributed by atoms with Crippen molar-refractivity contribution < 1.29 is 4.79 Å². The van der Waals surface area contributed by atoms with Crippen LogP contribution in [0, 0.1) is 0 Å². The van der Waals surface area contributed by atoms with Crippen LogP contribution in [0.3, 0.4) is 0 Å². The smallest absolute Gasteiger partial charge is 0.238 e. The Morgan fingerprint density at radius 3 is 2.86 bits per heavy atom. The fourth-order valence-electron chi connectivity index (χ4n) is 2.26. The lowest BCUT2D eigenvalue weighted by Gasteiger charge is -2.29. The van der Waals surface area contributed by atoms with Crippen LogP contribution in [0.2, 0.25) is 0 Å². The minimum Gasteiger partial charge on any atom is -0.312 e. The predicted octanol–water partition coefficient (Wildman–Crippen LogP) is 0.206. The van der Waals surface area contributed by atoms with E-state index in [1.54, 1.807) is 0 Å². The van der Waals surface area contributed by atoms with Crippen molar-refractivity contribution in [2.24, 2.45) is 0 Å². The Kier molecular flexibility index (Phi) is 2.74. The number of carbonyl (C=O) groups is 1. The second-order valence-electron chi connectivity index (χ2n) is 4.40. The molecular weight excluding hydrogens is 178 g/mol. The van der Waals surface area contributed by atoms with Crippen LogP contribution in [0.15, 0.2) is 0 Å². The van der Waals surface area contributed by atoms with E-state index in [-0.39, 0.29) is 5.91 Å². The van der Waals surface area contributed by atoms with Crippen LogP contribution in [0.4, 0.5) is 0 Å². The lowest BCUT2D eigenvalue weighted by molar-refractivity contribution is -0.137. The van der Waals surface area contributed by atoms with Crippen molar-refractivity contribution in [3.63, 3.8) is 0 Å². The number of hydrogen-bond donors (Lipinski definition) is 1. The summed E-state index contributed by atoms with van der Waals surface area (Å²) in [5, 5.41) is 7.39. The summed E-state index contributed by atoms with van der Waals surface area (Å²) >= 11 is 0. The molecule has 0 spiro atoms. The van der Waals surface area contributed by atoms with Crippen molar-refractivity contribution in [3.8, 4) is 0 Å². The van der Waals surface area contributed by atoms with Crippen molar-refractivity contribution in [3.05, 3.63) is 0 Å². The standard InChI is InChI=1S/C10H19N3O/c1-8-6-10(14)13(12(8)2)7-9-4-3-5-11-9/h8-9,11H,3-7H2,1-2H3. The third kappa shape index (κ3) is 1.77. The van der Waals surface area contributed by atoms with Gasteiger partial charge in [0.05, 0.1) is 6.54 Å². The van der Waals surface area contributed by atoms with E-state index in [1.807, 2.05) is 12.1 Å². The van der Waals surface area contributed by atoms with E-state index in [4.69, 9.17) is 0 Å². The summed E-state index contributed by atoms with van der Waals surface area (Å²) in [7, 11) is 2.00. The molecule has 2 atom stereocenters. The molecule has 2 unspecified atom stereocenters. The van der Waals surface area contributed by atoms with E-state index in [0.717, 1.165) is 13.1 Å². The lowest BCUT2D eigenvalue weighted by atomic mass is 10.2. The number of amides is 1. The van der Waals surface area contributed by atoms with Gasteiger partial charge in [0.15, 0.2) is 0 Å². The number of hydrazine groups is 1. The molecule has 1 N–H and O–H groups in total. The maximum atomic E-state index is 11.6. The van der Waals surface area contributed by atoms with E-state index in [0.29, 0.717) is 18.5 Å². The van der Waals surface area contributed by atoms with Crippen LogP contribution in [0.25, 0.3) is 0 Å². The van der Waals surface area contributed by atoms with Crippen LogP contribution in [0.1, 0.15) is 26.2 Å². The van der Waals surface area contributed by atoms with Crippen LogP contribution >= 0.6 is 0 Å². The summed E-state index contributed by atoms with van der Waals surface area (Å²) in [6.07, 6.45) is 3.11. The maximum Gasteiger partial charge on any atom is 0.238 e. The molecule has 0 radical (unpaired) electrons. The highest BCUT2D eigenvalue weighted by molar-refractivity contribution is 5.78. The Morgan fingerprint density at radius 1 is 1.57 bits per heavy atom. The topological polar surface area (TPSA) is 35.6 Å². The molecular formula is C10H19N3O. The van der Waals surface area contributed by atoms with E-state index < -0.39 is 0 Å². The summed E-state index contributed by atoms with van der Waals surface area (Å²) in [5.74, 6) is 0.272. The third-order valence-electron chi connectivity index (χ3n) is 3.33. The number of rotatable bonds is 2. The molecule has 2 fully saturated rings. The average molecular weight is 197 g/mol. The molecule has 1 amide bonds. The van der Waals surface area contributed by atoms with Gasteiger partial charge >= 0.3 is 0 Å². The minimum atomic E-state index is 0.272. The molecule has 0 aromatic heterocycles. The van der Waals surface area contributed by atoms with Gasteiger partial charge in [0.1, 0.15) is 0 Å². The van der Waals surface area contributed by atoms with Crippen LogP contribution in [0.5, 0.6) is 0 Å². The molecule has 2 heterocycles. The Hall–Kier alpha value is -0.610. The quantitative estimate of drug-likeness (QED) is 0.687. The zero-order valence-electron chi connectivity index (χ0n) is 8.99. The van der Waals surface area contributed by atoms with Gasteiger partial charge in [-0.05, 0) is 26.3 Å². The van der Waals surface area contributed by atoms with Gasteiger partial charge < -0.3 is 5.32 Å². The Balaban J connectivity index is 1.92. The summed E-state index contributed by atoms with van der Waals surface area (Å²) in [5.41, 5.74) is 0. The first-order valence-corrected chi connectivity index (χ1v) is 5.45. The molecule has 2 rings (SSSR count). The molecule has 0 aromatic rings. The highest BCUT2D eigenvalue weighted by Crippen LogP contribution is 2.19. The van der Waals surface area contributed by atoms with Gasteiger partial charge in [-0.15, -0.1) is 0 Å². The average Bonchev–Trinajstić information content (AvgIpc) is 2.71. The molecule has 80 valence electrons. The highest BCUT2D eigenvalue weighted by atomic mass is 16.2. The highest BCUT2D eigenvalue weighted by Gasteiger charge is 2.33. The molecule has 2 saturated heterocycles. The van der Waals surface area contributed by atoms with E-state index in [1.165, 1.54) is 12.8 Å². The number of nitrogens with zero attached hydrogens (tertiary/aromatic N) is 2. The maximum absolute atomic E-state index is 11.6. The third-order valence-corrected chi connectivity index (χ3v) is 3.33. The summed E-state index contributed by atoms with van der Waals surface area (Å²) in [6, 6.07) is 0.871. The van der Waals surface area contributed by atoms with Crippen LogP contribution in [-0.2, 0) is 4.79 Å². The molecule has 14 heavy (non-hydrogen) atoms. The van der Waals surface area contributed by atoms with Crippen molar-refractivity contribution in [1.82, 2.24) is 15.3 Å². The second kappa shape index (κ2) is 3.87. The van der Waals surface area contributed by atoms with Crippen LogP contribution < -0.4 is 5.32 Å². The molecule has 0 saturated carbocycles. The van der Waals surface area contributed by atoms with Crippen molar-refractivity contribution in [2.75, 3.05) is 20.1 Å². The van der Waals surface area contributed by atoms with Gasteiger partial charge in [0, 0.05) is 25.6 Å². The monoisotopic (exact) mass is 197 g/mol. The number of nitrogens with one attached hydrogen (secondary N) is 1. The molecule has 0 bridgehead atoms. The SMILES string of the molecule is CC1CC(=O)N(CC2CCCN2)N1C. The van der Waals surface area contributed by atoms with Crippen LogP contribution in [-0.4, -0.2) is 48.1 Å². The largest absolute Gasteiger partial charge is 0.312 e. The van der Waals surface area contributed by atoms with Crippen molar-refractivity contribution in [1.29, 1.82) is 0 Å². The first-order valence-electron chi connectivity index (χ1n) is 5.45. The van der Waals surface area contributed by atoms with E-state index in [9.17, 15) is 4.79 Å². The summed E-state index contributed by atoms with van der Waals surface area (Å²) < 4.78 is 0. The molecule has 2 aliphatic heterocycles. The second-order valence-corrected chi connectivity index (χ2v) is 4.40. The molecule has 0 aromatic carbocycles. The summed E-state index contributed by atoms with van der Waals surface area (Å²) in [4.78, 5) is 11.6. The minimum absolute atomic E-state index is 0.272. The first-order chi connectivity index (χ1) is 6.68. The van der Waals surface area contributed by atoms with Gasteiger partial charge in [-0.25, -0.2) is 5.01 Å². The zero-order valence-corrected chi connectivity index (χ0v) is 8.99. The van der Waals surface area contributed by atoms with Gasteiger partial charge in [-0.3, -0.25) is 9.80 Å². The Labute approximate surface area is 85.2 Å². The Bertz CT molecular complexity index is 225. The van der Waals surface area contributed by atoms with Gasteiger partial charge in [-0.1, -0.05) is 0 Å². The number of carbonyl (C=O) groups excluding carboxylic acids is 1. The number of hydrogen-bond acceptors (Lipinski definition) is 3. The van der Waals surface area contributed by atoms with E-state index >= 15 is 0 Å². The molecule has 2 aliphatic rings. The fraction of sp³-hybridized carbons (Fsp3) is 0.900. The fourth-order valence-corrected chi connectivity index (χ4v) is 2.26. The van der Waals surface area contributed by atoms with E-state index in [2.05, 4.69) is 17.2 Å². The molecule has 4 nitrogen and oxygen atoms in total. The first kappa shape index (κ1) is 9.93. The molecule has 0 aliphatic carbocycles. The lowest BCUT2D eigenvalue weighted by Crippen LogP contribution is -2.45. The van der Waals surface area contributed by atoms with Crippen molar-refractivity contribution >= 4 is 5.91 Å². The zero-order chi connectivity index (χ0) is 10.1. The van der Waals surface area contributed by atoms with Gasteiger partial charge in [0.2, 0.25) is 5.91 Å². The van der Waals surface area contributed by atoms with Gasteiger partial charge in [-0.2, -0.15) is 0 Å².